The standard InChI is InChI=1S/C37H47NO4P.CH2O2/c1-38(2,27-28-39)31-33-23-25-34(26-24-33)41-29-15-4-3-5-16-30-43(42-32-40,35-17-9-6-10-18-35,36-19-11-7-12-20-36)37-21-13-8-14-22-37;2-1-3/h6-14,17-26,32,39H,3-5,15-16,27-31H2,1-2H3;1H,(H,2,3)/q+1;/p-1. The molecule has 0 amide bonds. The van der Waals surface area contributed by atoms with Gasteiger partial charge in [-0.1, -0.05) is 0 Å². The van der Waals surface area contributed by atoms with E-state index >= 15 is 0 Å². The summed E-state index contributed by atoms with van der Waals surface area (Å²) >= 11 is 0. The van der Waals surface area contributed by atoms with Crippen LogP contribution in [0.3, 0.4) is 0 Å². The number of likely N-dealkylation sites (N-methyl/N-ethyl adjacent to an activating group) is 1. The number of hydrogen-bond donors (Lipinski definition) is 1. The number of quaternary nitrogens is 1. The third-order valence-corrected chi connectivity index (χ3v) is 14.3. The summed E-state index contributed by atoms with van der Waals surface area (Å²) in [6, 6.07) is 39.4. The Morgan fingerprint density at radius 2 is 1.15 bits per heavy atom. The summed E-state index contributed by atoms with van der Waals surface area (Å²) in [6.45, 7) is -0.881. The van der Waals surface area contributed by atoms with E-state index in [1.54, 1.807) is 0 Å². The van der Waals surface area contributed by atoms with Crippen molar-refractivity contribution in [3.05, 3.63) is 121 Å². The van der Waals surface area contributed by atoms with Crippen molar-refractivity contribution in [1.29, 1.82) is 0 Å². The van der Waals surface area contributed by atoms with E-state index in [-0.39, 0.29) is 6.61 Å². The van der Waals surface area contributed by atoms with Crippen LogP contribution in [0.4, 0.5) is 0 Å². The molecule has 1 N–H and O–H groups in total. The van der Waals surface area contributed by atoms with Crippen LogP contribution in [0, 0.1) is 0 Å². The van der Waals surface area contributed by atoms with E-state index in [1.807, 2.05) is 66.7 Å². The molecule has 0 unspecified atom stereocenters. The van der Waals surface area contributed by atoms with E-state index in [0.29, 0.717) is 13.1 Å². The van der Waals surface area contributed by atoms with Crippen LogP contribution < -0.4 is 25.8 Å². The second-order valence-corrected chi connectivity index (χ2v) is 16.7. The first-order chi connectivity index (χ1) is 22.3. The molecule has 0 radical (unpaired) electrons. The number of ether oxygens (including phenoxy) is 1. The molecule has 7 nitrogen and oxygen atoms in total. The Balaban J connectivity index is 0.00000185. The predicted molar refractivity (Wildman–Crippen MR) is 186 cm³/mol. The normalized spacial score (nSPS) is 12.1. The first kappa shape index (κ1) is 36.4. The van der Waals surface area contributed by atoms with Crippen molar-refractivity contribution < 1.29 is 33.5 Å². The number of aliphatic hydroxyl groups is 1. The molecular weight excluding hydrogens is 597 g/mol. The average Bonchev–Trinajstić information content (AvgIpc) is 3.08. The van der Waals surface area contributed by atoms with Gasteiger partial charge in [-0.25, -0.2) is 0 Å². The summed E-state index contributed by atoms with van der Waals surface area (Å²) in [6.07, 6.45) is 5.91. The van der Waals surface area contributed by atoms with Crippen LogP contribution >= 0.6 is 6.83 Å². The number of carboxylic acid groups (broad SMARTS) is 1. The van der Waals surface area contributed by atoms with Crippen LogP contribution in [-0.4, -0.2) is 62.5 Å². The largest absolute Gasteiger partial charge is 0.554 e. The van der Waals surface area contributed by atoms with Crippen molar-refractivity contribution in [3.8, 4) is 5.75 Å². The third kappa shape index (κ3) is 9.26. The van der Waals surface area contributed by atoms with Crippen molar-refractivity contribution in [2.45, 2.75) is 38.6 Å². The van der Waals surface area contributed by atoms with Crippen LogP contribution in [0.2, 0.25) is 0 Å². The van der Waals surface area contributed by atoms with Gasteiger partial charge in [-0.3, -0.25) is 0 Å². The number of aliphatic hydroxyl groups excluding tert-OH is 1. The fourth-order valence-corrected chi connectivity index (χ4v) is 11.7. The molecule has 0 spiro atoms. The quantitative estimate of drug-likeness (QED) is 0.0738. The molecule has 0 atom stereocenters. The van der Waals surface area contributed by atoms with Gasteiger partial charge < -0.3 is 19.5 Å². The number of hydrogen-bond acceptors (Lipinski definition) is 6. The fourth-order valence-electron chi connectivity index (χ4n) is 6.17. The maximum Gasteiger partial charge on any atom is 0.0275 e. The molecular formula is C38H48NO6P. The Labute approximate surface area is 274 Å². The van der Waals surface area contributed by atoms with Crippen molar-refractivity contribution in [1.82, 2.24) is 0 Å². The van der Waals surface area contributed by atoms with E-state index in [4.69, 9.17) is 19.2 Å². The van der Waals surface area contributed by atoms with Gasteiger partial charge in [0.2, 0.25) is 0 Å². The van der Waals surface area contributed by atoms with Gasteiger partial charge in [0.15, 0.2) is 0 Å². The molecule has 0 heterocycles. The molecule has 0 saturated carbocycles. The smallest absolute Gasteiger partial charge is 0.0275 e. The van der Waals surface area contributed by atoms with Gasteiger partial charge in [-0.15, -0.1) is 0 Å². The first-order valence-corrected chi connectivity index (χ1v) is 18.2. The molecule has 246 valence electrons. The van der Waals surface area contributed by atoms with E-state index in [1.165, 1.54) is 5.56 Å². The maximum absolute atomic E-state index is 12.4. The van der Waals surface area contributed by atoms with Gasteiger partial charge in [0, 0.05) is 6.47 Å². The molecule has 4 rings (SSSR count). The van der Waals surface area contributed by atoms with E-state index in [0.717, 1.165) is 77.5 Å². The minimum atomic E-state index is -3.54. The second kappa shape index (κ2) is 18.2. The predicted octanol–water partition coefficient (Wildman–Crippen LogP) is 4.57. The monoisotopic (exact) mass is 645 g/mol. The van der Waals surface area contributed by atoms with Crippen molar-refractivity contribution in [2.24, 2.45) is 0 Å². The molecule has 0 fully saturated rings. The number of carbonyl (C=O) groups is 2. The van der Waals surface area contributed by atoms with Gasteiger partial charge in [0.25, 0.3) is 0 Å². The number of rotatable bonds is 18. The van der Waals surface area contributed by atoms with Crippen molar-refractivity contribution in [3.63, 3.8) is 0 Å². The fraction of sp³-hybridized carbons (Fsp3) is 0.316. The Kier molecular flexibility index (Phi) is 14.4. The Morgan fingerprint density at radius 1 is 0.696 bits per heavy atom. The van der Waals surface area contributed by atoms with Gasteiger partial charge in [0.05, 0.1) is 20.7 Å². The molecule has 4 aromatic carbocycles. The molecule has 46 heavy (non-hydrogen) atoms. The maximum atomic E-state index is 12.4. The molecule has 0 aromatic heterocycles. The summed E-state index contributed by atoms with van der Waals surface area (Å²) in [5.74, 6) is 0.896. The molecule has 0 aliphatic heterocycles. The zero-order valence-corrected chi connectivity index (χ0v) is 28.0. The minimum absolute atomic E-state index is 0.191. The van der Waals surface area contributed by atoms with Gasteiger partial charge in [0.1, 0.15) is 13.1 Å². The van der Waals surface area contributed by atoms with Crippen LogP contribution in [0.15, 0.2) is 115 Å². The van der Waals surface area contributed by atoms with E-state index in [9.17, 15) is 9.90 Å². The SMILES string of the molecule is C[N+](C)(CCO)Cc1ccc(OCCCCCCCP(OC=O)(c2ccccc2)(c2ccccc2)c2ccccc2)cc1.O=C[O-]. The van der Waals surface area contributed by atoms with Gasteiger partial charge in [-0.05, 0) is 0 Å². The summed E-state index contributed by atoms with van der Waals surface area (Å²) in [5, 5.41) is 20.8. The Bertz CT molecular complexity index is 1330. The minimum Gasteiger partial charge on any atom is -0.554 e. The van der Waals surface area contributed by atoms with Crippen LogP contribution in [0.5, 0.6) is 5.75 Å². The van der Waals surface area contributed by atoms with Crippen molar-refractivity contribution >= 4 is 35.7 Å². The van der Waals surface area contributed by atoms with Crippen LogP contribution in [0.1, 0.15) is 37.7 Å². The van der Waals surface area contributed by atoms with E-state index < -0.39 is 13.3 Å². The molecule has 4 aromatic rings. The zero-order chi connectivity index (χ0) is 33.2. The molecule has 0 aliphatic carbocycles. The Hall–Kier alpha value is -4.03. The second-order valence-electron chi connectivity index (χ2n) is 12.0. The molecule has 0 bridgehead atoms. The zero-order valence-electron chi connectivity index (χ0n) is 27.1. The summed E-state index contributed by atoms with van der Waals surface area (Å²) in [4.78, 5) is 20.6. The number of unbranched alkanes of at least 4 members (excludes halogenated alkanes) is 4. The van der Waals surface area contributed by atoms with Crippen molar-refractivity contribution in [2.75, 3.05) is 40.0 Å². The summed E-state index contributed by atoms with van der Waals surface area (Å²) in [5.41, 5.74) is 1.24. The molecule has 8 heteroatoms. The van der Waals surface area contributed by atoms with Gasteiger partial charge >= 0.3 is 215 Å². The first-order valence-electron chi connectivity index (χ1n) is 15.9. The van der Waals surface area contributed by atoms with E-state index in [2.05, 4.69) is 62.6 Å². The molecule has 0 saturated heterocycles. The Morgan fingerprint density at radius 3 is 1.61 bits per heavy atom. The summed E-state index contributed by atoms with van der Waals surface area (Å²) < 4.78 is 13.3. The molecule has 0 aliphatic rings. The average molecular weight is 646 g/mol. The van der Waals surface area contributed by atoms with Crippen LogP contribution in [-0.2, 0) is 20.7 Å². The third-order valence-electron chi connectivity index (χ3n) is 8.42. The van der Waals surface area contributed by atoms with Gasteiger partial charge in [-0.2, -0.15) is 0 Å². The number of carbonyl (C=O) groups excluding carboxylic acids is 2. The number of nitrogens with zero attached hydrogens (tertiary/aromatic N) is 1. The number of benzene rings is 4. The summed E-state index contributed by atoms with van der Waals surface area (Å²) in [7, 11) is 4.26. The van der Waals surface area contributed by atoms with Crippen LogP contribution in [0.25, 0.3) is 0 Å². The topological polar surface area (TPSA) is 95.9 Å².